The van der Waals surface area contributed by atoms with Crippen molar-refractivity contribution in [2.45, 2.75) is 19.9 Å². The van der Waals surface area contributed by atoms with Gasteiger partial charge in [-0.2, -0.15) is 0 Å². The molecule has 1 aromatic heterocycles. The maximum Gasteiger partial charge on any atom is 0.326 e. The molecule has 0 saturated heterocycles. The van der Waals surface area contributed by atoms with Crippen molar-refractivity contribution in [2.24, 2.45) is 5.92 Å². The lowest BCUT2D eigenvalue weighted by molar-refractivity contribution is 0.0921. The third-order valence-electron chi connectivity index (χ3n) is 3.32. The fourth-order valence-electron chi connectivity index (χ4n) is 2.18. The van der Waals surface area contributed by atoms with Gasteiger partial charge in [-0.1, -0.05) is 44.2 Å². The predicted molar refractivity (Wildman–Crippen MR) is 83.6 cm³/mol. The minimum Gasteiger partial charge on any atom is -0.392 e. The van der Waals surface area contributed by atoms with Gasteiger partial charge in [-0.15, -0.1) is 0 Å². The third kappa shape index (κ3) is 3.25. The van der Waals surface area contributed by atoms with E-state index in [1.165, 1.54) is 0 Å². The van der Waals surface area contributed by atoms with Gasteiger partial charge in [0.15, 0.2) is 0 Å². The number of nitrogen functional groups attached to an aromatic ring is 1. The molecule has 116 valence electrons. The summed E-state index contributed by atoms with van der Waals surface area (Å²) < 4.78 is 0. The van der Waals surface area contributed by atoms with Crippen molar-refractivity contribution in [3.05, 3.63) is 62.4 Å². The number of hydrogen-bond acceptors (Lipinski definition) is 4. The molecule has 0 radical (unpaired) electrons. The topological polar surface area (TPSA) is 121 Å². The summed E-state index contributed by atoms with van der Waals surface area (Å²) in [6, 6.07) is 9.16. The van der Waals surface area contributed by atoms with Gasteiger partial charge in [0.05, 0.1) is 6.04 Å². The molecule has 0 aliphatic carbocycles. The average molecular weight is 302 g/mol. The van der Waals surface area contributed by atoms with Crippen molar-refractivity contribution in [1.82, 2.24) is 15.3 Å². The Morgan fingerprint density at radius 2 is 1.77 bits per heavy atom. The number of carbonyl (C=O) groups is 1. The summed E-state index contributed by atoms with van der Waals surface area (Å²) in [5.74, 6) is -0.482. The number of aromatic amines is 2. The van der Waals surface area contributed by atoms with Crippen molar-refractivity contribution in [1.29, 1.82) is 0 Å². The largest absolute Gasteiger partial charge is 0.392 e. The molecule has 5 N–H and O–H groups in total. The van der Waals surface area contributed by atoms with E-state index in [2.05, 4.69) is 10.3 Å². The van der Waals surface area contributed by atoms with E-state index in [4.69, 9.17) is 5.73 Å². The smallest absolute Gasteiger partial charge is 0.326 e. The molecule has 0 aliphatic rings. The number of nitrogens with one attached hydrogen (secondary N) is 3. The minimum atomic E-state index is -0.783. The Bertz CT molecular complexity index is 777. The summed E-state index contributed by atoms with van der Waals surface area (Å²) in [6.07, 6.45) is 0. The molecule has 0 saturated carbocycles. The van der Waals surface area contributed by atoms with Crippen LogP contribution in [0.1, 0.15) is 35.9 Å². The second-order valence-corrected chi connectivity index (χ2v) is 5.30. The van der Waals surface area contributed by atoms with Crippen molar-refractivity contribution >= 4 is 11.6 Å². The lowest BCUT2D eigenvalue weighted by atomic mass is 9.96. The molecule has 1 heterocycles. The first-order valence-electron chi connectivity index (χ1n) is 6.88. The highest BCUT2D eigenvalue weighted by molar-refractivity contribution is 5.97. The van der Waals surface area contributed by atoms with Crippen LogP contribution in [0.5, 0.6) is 0 Å². The number of hydrogen-bond donors (Lipinski definition) is 4. The molecule has 7 nitrogen and oxygen atoms in total. The average Bonchev–Trinajstić information content (AvgIpc) is 2.48. The van der Waals surface area contributed by atoms with Crippen LogP contribution >= 0.6 is 0 Å². The molecule has 0 bridgehead atoms. The predicted octanol–water partition coefficient (Wildman–Crippen LogP) is 0.773. The van der Waals surface area contributed by atoms with Gasteiger partial charge in [-0.25, -0.2) is 4.79 Å². The summed E-state index contributed by atoms with van der Waals surface area (Å²) in [5, 5.41) is 2.80. The SMILES string of the molecule is CC(C)C(NC(=O)c1[nH]c(=O)[nH]c(=O)c1N)c1ccccc1. The monoisotopic (exact) mass is 302 g/mol. The highest BCUT2D eigenvalue weighted by Crippen LogP contribution is 2.21. The molecule has 0 spiro atoms. The minimum absolute atomic E-state index is 0.112. The fraction of sp³-hybridized carbons (Fsp3) is 0.267. The summed E-state index contributed by atoms with van der Waals surface area (Å²) in [7, 11) is 0. The van der Waals surface area contributed by atoms with E-state index < -0.39 is 17.2 Å². The first-order chi connectivity index (χ1) is 10.4. The van der Waals surface area contributed by atoms with E-state index in [-0.39, 0.29) is 23.3 Å². The third-order valence-corrected chi connectivity index (χ3v) is 3.32. The Morgan fingerprint density at radius 1 is 1.14 bits per heavy atom. The van der Waals surface area contributed by atoms with Crippen molar-refractivity contribution in [3.63, 3.8) is 0 Å². The van der Waals surface area contributed by atoms with Crippen molar-refractivity contribution in [3.8, 4) is 0 Å². The van der Waals surface area contributed by atoms with Crippen LogP contribution in [0.4, 0.5) is 5.69 Å². The van der Waals surface area contributed by atoms with E-state index >= 15 is 0 Å². The quantitative estimate of drug-likeness (QED) is 0.666. The van der Waals surface area contributed by atoms with Crippen LogP contribution < -0.4 is 22.3 Å². The van der Waals surface area contributed by atoms with E-state index in [1.807, 2.05) is 49.2 Å². The molecule has 1 amide bonds. The second kappa shape index (κ2) is 6.30. The molecule has 1 atom stereocenters. The van der Waals surface area contributed by atoms with Crippen LogP contribution in [-0.2, 0) is 0 Å². The number of anilines is 1. The summed E-state index contributed by atoms with van der Waals surface area (Å²) in [6.45, 7) is 3.92. The molecule has 0 fully saturated rings. The number of benzene rings is 1. The van der Waals surface area contributed by atoms with Crippen molar-refractivity contribution in [2.75, 3.05) is 5.73 Å². The van der Waals surface area contributed by atoms with Crippen LogP contribution in [-0.4, -0.2) is 15.9 Å². The molecule has 2 aromatic rings. The van der Waals surface area contributed by atoms with Gasteiger partial charge in [-0.05, 0) is 11.5 Å². The maximum absolute atomic E-state index is 12.3. The van der Waals surface area contributed by atoms with Crippen LogP contribution in [0.15, 0.2) is 39.9 Å². The van der Waals surface area contributed by atoms with Crippen LogP contribution in [0.2, 0.25) is 0 Å². The highest BCUT2D eigenvalue weighted by Gasteiger charge is 2.21. The van der Waals surface area contributed by atoms with Crippen LogP contribution in [0.25, 0.3) is 0 Å². The van der Waals surface area contributed by atoms with Gasteiger partial charge < -0.3 is 16.0 Å². The van der Waals surface area contributed by atoms with Crippen LogP contribution in [0.3, 0.4) is 0 Å². The molecule has 2 rings (SSSR count). The molecule has 1 aromatic carbocycles. The lowest BCUT2D eigenvalue weighted by Crippen LogP contribution is -2.36. The Labute approximate surface area is 126 Å². The maximum atomic E-state index is 12.3. The first kappa shape index (κ1) is 15.6. The van der Waals surface area contributed by atoms with E-state index in [0.717, 1.165) is 5.56 Å². The first-order valence-corrected chi connectivity index (χ1v) is 6.88. The number of amides is 1. The number of carbonyl (C=O) groups excluding carboxylic acids is 1. The van der Waals surface area contributed by atoms with Gasteiger partial charge in [0.1, 0.15) is 11.4 Å². The molecule has 0 aliphatic heterocycles. The second-order valence-electron chi connectivity index (χ2n) is 5.30. The number of H-pyrrole nitrogens is 2. The highest BCUT2D eigenvalue weighted by atomic mass is 16.2. The molecule has 22 heavy (non-hydrogen) atoms. The van der Waals surface area contributed by atoms with Gasteiger partial charge in [-0.3, -0.25) is 14.6 Å². The summed E-state index contributed by atoms with van der Waals surface area (Å²) >= 11 is 0. The van der Waals surface area contributed by atoms with E-state index in [1.54, 1.807) is 0 Å². The van der Waals surface area contributed by atoms with Gasteiger partial charge in [0, 0.05) is 0 Å². The van der Waals surface area contributed by atoms with Crippen molar-refractivity contribution < 1.29 is 4.79 Å². The van der Waals surface area contributed by atoms with E-state index in [9.17, 15) is 14.4 Å². The zero-order valence-electron chi connectivity index (χ0n) is 12.3. The van der Waals surface area contributed by atoms with Gasteiger partial charge in [0.2, 0.25) is 0 Å². The Kier molecular flexibility index (Phi) is 4.45. The zero-order valence-corrected chi connectivity index (χ0v) is 12.3. The van der Waals surface area contributed by atoms with Crippen LogP contribution in [0, 0.1) is 5.92 Å². The zero-order chi connectivity index (χ0) is 16.3. The summed E-state index contributed by atoms with van der Waals surface area (Å²) in [4.78, 5) is 39.4. The standard InChI is InChI=1S/C15H18N4O3/c1-8(2)11(9-6-4-3-5-7-9)17-14(21)12-10(16)13(20)19-15(22)18-12/h3-8,11H,16H2,1-2H3,(H,17,21)(H2,18,19,20,22). The number of rotatable bonds is 4. The Morgan fingerprint density at radius 3 is 2.36 bits per heavy atom. The fourth-order valence-corrected chi connectivity index (χ4v) is 2.18. The summed E-state index contributed by atoms with van der Waals surface area (Å²) in [5.41, 5.74) is 4.40. The van der Waals surface area contributed by atoms with Gasteiger partial charge >= 0.3 is 5.69 Å². The number of aromatic nitrogens is 2. The molecule has 7 heteroatoms. The van der Waals surface area contributed by atoms with E-state index in [0.29, 0.717) is 0 Å². The number of nitrogens with two attached hydrogens (primary N) is 1. The normalized spacial score (nSPS) is 12.1. The Balaban J connectivity index is 2.34. The Hall–Kier alpha value is -2.83. The molecule has 1 unspecified atom stereocenters. The molecular weight excluding hydrogens is 284 g/mol. The van der Waals surface area contributed by atoms with Gasteiger partial charge in [0.25, 0.3) is 11.5 Å². The lowest BCUT2D eigenvalue weighted by Gasteiger charge is -2.23. The molecular formula is C15H18N4O3.